The summed E-state index contributed by atoms with van der Waals surface area (Å²) in [6.07, 6.45) is 0. The zero-order valence-corrected chi connectivity index (χ0v) is 17.9. The topological polar surface area (TPSA) is 175 Å². The van der Waals surface area contributed by atoms with E-state index in [1.54, 1.807) is 13.8 Å². The number of aromatic hydroxyl groups is 2. The first-order valence-corrected chi connectivity index (χ1v) is 10.0. The molecule has 0 fully saturated rings. The minimum atomic E-state index is -0.566. The van der Waals surface area contributed by atoms with Gasteiger partial charge < -0.3 is 32.3 Å². The van der Waals surface area contributed by atoms with E-state index in [0.29, 0.717) is 49.2 Å². The number of amidine groups is 2. The van der Waals surface area contributed by atoms with Gasteiger partial charge in [0.05, 0.1) is 47.0 Å². The second-order valence-corrected chi connectivity index (χ2v) is 7.32. The second-order valence-electron chi connectivity index (χ2n) is 7.32. The standard InChI is InChI=1S/C22H26N6O4/c1-11(23)25-7-9-27-13-3-5-15(29)19-17(13)21(31)20-16(30)6-4-14(18(20)22(19)32)28-10-8-26-12(2)24/h3-6,27-30H,7-10H2,1-2H3,(H2,23,25)(H2,24,26). The van der Waals surface area contributed by atoms with Gasteiger partial charge >= 0.3 is 0 Å². The minimum absolute atomic E-state index is 0.00626. The molecule has 1 aliphatic rings. The number of anilines is 2. The number of fused-ring (bicyclic) bond motifs is 2. The second kappa shape index (κ2) is 9.38. The summed E-state index contributed by atoms with van der Waals surface area (Å²) in [5.74, 6) is -0.910. The lowest BCUT2D eigenvalue weighted by atomic mass is 9.81. The Bertz CT molecular complexity index is 1040. The average molecular weight is 438 g/mol. The molecule has 0 radical (unpaired) electrons. The van der Waals surface area contributed by atoms with Crippen LogP contribution in [0.15, 0.2) is 34.3 Å². The summed E-state index contributed by atoms with van der Waals surface area (Å²) in [4.78, 5) is 34.9. The van der Waals surface area contributed by atoms with Crippen LogP contribution in [0.1, 0.15) is 45.7 Å². The SMILES string of the molecule is CC(N)=NCCNc1ccc(O)c2c1C(=O)c1c(O)ccc(NCCN=C(C)N)c1C2=O. The van der Waals surface area contributed by atoms with E-state index >= 15 is 0 Å². The average Bonchev–Trinajstić information content (AvgIpc) is 2.73. The highest BCUT2D eigenvalue weighted by molar-refractivity contribution is 6.33. The molecule has 0 aliphatic heterocycles. The third kappa shape index (κ3) is 4.48. The van der Waals surface area contributed by atoms with Gasteiger partial charge in [0, 0.05) is 24.5 Å². The number of nitrogens with one attached hydrogen (secondary N) is 2. The Kier molecular flexibility index (Phi) is 6.62. The fraction of sp³-hybridized carbons (Fsp3) is 0.273. The Morgan fingerprint density at radius 1 is 0.750 bits per heavy atom. The number of nitrogens with two attached hydrogens (primary N) is 2. The van der Waals surface area contributed by atoms with Crippen molar-refractivity contribution in [2.75, 3.05) is 36.8 Å². The molecule has 10 heteroatoms. The maximum atomic E-state index is 13.4. The number of phenols is 2. The first kappa shape index (κ1) is 22.6. The van der Waals surface area contributed by atoms with E-state index in [4.69, 9.17) is 11.5 Å². The van der Waals surface area contributed by atoms with Gasteiger partial charge in [-0.25, -0.2) is 0 Å². The van der Waals surface area contributed by atoms with Crippen molar-refractivity contribution in [3.8, 4) is 11.5 Å². The highest BCUT2D eigenvalue weighted by Gasteiger charge is 2.37. The summed E-state index contributed by atoms with van der Waals surface area (Å²) in [6, 6.07) is 5.72. The third-order valence-electron chi connectivity index (χ3n) is 4.85. The number of aliphatic imine (C=N–C) groups is 2. The van der Waals surface area contributed by atoms with Crippen LogP contribution in [0.4, 0.5) is 11.4 Å². The molecule has 168 valence electrons. The molecule has 8 N–H and O–H groups in total. The molecule has 0 amide bonds. The molecular weight excluding hydrogens is 412 g/mol. The molecule has 0 aromatic heterocycles. The number of benzene rings is 2. The maximum Gasteiger partial charge on any atom is 0.200 e. The summed E-state index contributed by atoms with van der Waals surface area (Å²) in [5.41, 5.74) is 11.6. The highest BCUT2D eigenvalue weighted by Crippen LogP contribution is 2.42. The van der Waals surface area contributed by atoms with Crippen LogP contribution >= 0.6 is 0 Å². The summed E-state index contributed by atoms with van der Waals surface area (Å²) in [5, 5.41) is 26.9. The van der Waals surface area contributed by atoms with Crippen molar-refractivity contribution in [1.82, 2.24) is 0 Å². The van der Waals surface area contributed by atoms with Crippen LogP contribution in [-0.4, -0.2) is 59.6 Å². The Hall–Kier alpha value is -4.08. The van der Waals surface area contributed by atoms with Gasteiger partial charge in [-0.05, 0) is 38.1 Å². The Labute approximate surface area is 185 Å². The zero-order valence-electron chi connectivity index (χ0n) is 17.9. The summed E-state index contributed by atoms with van der Waals surface area (Å²) < 4.78 is 0. The molecule has 3 rings (SSSR count). The van der Waals surface area contributed by atoms with Crippen LogP contribution in [0, 0.1) is 0 Å². The number of rotatable bonds is 8. The van der Waals surface area contributed by atoms with Crippen molar-refractivity contribution in [1.29, 1.82) is 0 Å². The molecule has 0 atom stereocenters. The van der Waals surface area contributed by atoms with Crippen LogP contribution in [0.5, 0.6) is 11.5 Å². The molecule has 0 saturated carbocycles. The van der Waals surface area contributed by atoms with Gasteiger partial charge in [-0.15, -0.1) is 0 Å². The first-order chi connectivity index (χ1) is 15.2. The van der Waals surface area contributed by atoms with Crippen molar-refractivity contribution >= 4 is 34.6 Å². The number of hydrogen-bond acceptors (Lipinski definition) is 8. The number of ketones is 2. The molecule has 0 unspecified atom stereocenters. The zero-order chi connectivity index (χ0) is 23.4. The van der Waals surface area contributed by atoms with Crippen LogP contribution in [0.2, 0.25) is 0 Å². The summed E-state index contributed by atoms with van der Waals surface area (Å²) >= 11 is 0. The van der Waals surface area contributed by atoms with Gasteiger partial charge in [-0.2, -0.15) is 0 Å². The number of carbonyl (C=O) groups is 2. The van der Waals surface area contributed by atoms with Crippen molar-refractivity contribution in [3.05, 3.63) is 46.5 Å². The lowest BCUT2D eigenvalue weighted by Crippen LogP contribution is -2.25. The largest absolute Gasteiger partial charge is 0.507 e. The van der Waals surface area contributed by atoms with Crippen LogP contribution < -0.4 is 22.1 Å². The van der Waals surface area contributed by atoms with Crippen molar-refractivity contribution in [2.45, 2.75) is 13.8 Å². The van der Waals surface area contributed by atoms with Crippen molar-refractivity contribution in [3.63, 3.8) is 0 Å². The Morgan fingerprint density at radius 3 is 1.47 bits per heavy atom. The van der Waals surface area contributed by atoms with E-state index in [1.165, 1.54) is 24.3 Å². The molecule has 0 spiro atoms. The smallest absolute Gasteiger partial charge is 0.200 e. The fourth-order valence-corrected chi connectivity index (χ4v) is 3.51. The molecule has 32 heavy (non-hydrogen) atoms. The molecule has 0 heterocycles. The normalized spacial score (nSPS) is 13.6. The van der Waals surface area contributed by atoms with E-state index in [0.717, 1.165) is 0 Å². The van der Waals surface area contributed by atoms with Gasteiger partial charge in [0.2, 0.25) is 11.6 Å². The van der Waals surface area contributed by atoms with Gasteiger partial charge in [-0.1, -0.05) is 0 Å². The predicted octanol–water partition coefficient (Wildman–Crippen LogP) is 1.45. The van der Waals surface area contributed by atoms with E-state index in [1.807, 2.05) is 0 Å². The first-order valence-electron chi connectivity index (χ1n) is 10.0. The molecule has 0 bridgehead atoms. The fourth-order valence-electron chi connectivity index (χ4n) is 3.51. The van der Waals surface area contributed by atoms with E-state index in [-0.39, 0.29) is 33.8 Å². The van der Waals surface area contributed by atoms with Crippen LogP contribution in [-0.2, 0) is 0 Å². The molecule has 2 aromatic carbocycles. The monoisotopic (exact) mass is 438 g/mol. The lowest BCUT2D eigenvalue weighted by molar-refractivity contribution is 0.0975. The van der Waals surface area contributed by atoms with Gasteiger partial charge in [0.25, 0.3) is 0 Å². The number of phenolic OH excluding ortho intramolecular Hbond substituents is 2. The quantitative estimate of drug-likeness (QED) is 0.132. The number of carbonyl (C=O) groups excluding carboxylic acids is 2. The van der Waals surface area contributed by atoms with E-state index in [9.17, 15) is 19.8 Å². The summed E-state index contributed by atoms with van der Waals surface area (Å²) in [7, 11) is 0. The van der Waals surface area contributed by atoms with Crippen molar-refractivity contribution < 1.29 is 19.8 Å². The Balaban J connectivity index is 2.01. The maximum absolute atomic E-state index is 13.4. The molecular formula is C22H26N6O4. The van der Waals surface area contributed by atoms with Gasteiger partial charge in [-0.3, -0.25) is 19.6 Å². The van der Waals surface area contributed by atoms with Crippen molar-refractivity contribution in [2.24, 2.45) is 21.5 Å². The molecule has 1 aliphatic carbocycles. The number of nitrogens with zero attached hydrogens (tertiary/aromatic N) is 2. The molecule has 0 saturated heterocycles. The number of hydrogen-bond donors (Lipinski definition) is 6. The third-order valence-corrected chi connectivity index (χ3v) is 4.85. The van der Waals surface area contributed by atoms with Gasteiger partial charge in [0.1, 0.15) is 11.5 Å². The molecule has 10 nitrogen and oxygen atoms in total. The van der Waals surface area contributed by atoms with E-state index in [2.05, 4.69) is 20.6 Å². The molecule has 2 aromatic rings. The summed E-state index contributed by atoms with van der Waals surface area (Å²) in [6.45, 7) is 4.77. The van der Waals surface area contributed by atoms with E-state index < -0.39 is 11.6 Å². The van der Waals surface area contributed by atoms with Crippen LogP contribution in [0.25, 0.3) is 0 Å². The van der Waals surface area contributed by atoms with Gasteiger partial charge in [0.15, 0.2) is 0 Å². The van der Waals surface area contributed by atoms with Crippen LogP contribution in [0.3, 0.4) is 0 Å². The minimum Gasteiger partial charge on any atom is -0.507 e. The Morgan fingerprint density at radius 2 is 1.12 bits per heavy atom. The predicted molar refractivity (Wildman–Crippen MR) is 124 cm³/mol. The lowest BCUT2D eigenvalue weighted by Gasteiger charge is -2.24. The highest BCUT2D eigenvalue weighted by atomic mass is 16.3.